The molecule has 5 rings (SSSR count). The summed E-state index contributed by atoms with van der Waals surface area (Å²) in [5, 5.41) is 10.0. The number of aryl methyl sites for hydroxylation is 1. The number of aromatic amines is 2. The Morgan fingerprint density at radius 1 is 1.03 bits per heavy atom. The van der Waals surface area contributed by atoms with Gasteiger partial charge in [-0.05, 0) is 73.2 Å². The van der Waals surface area contributed by atoms with Crippen LogP contribution in [0.5, 0.6) is 0 Å². The molecular formula is C27H27N5. The molecule has 32 heavy (non-hydrogen) atoms. The Balaban J connectivity index is 1.62. The van der Waals surface area contributed by atoms with Crippen molar-refractivity contribution >= 4 is 27.4 Å². The number of H-pyrrole nitrogens is 2. The molecule has 4 aromatic heterocycles. The monoisotopic (exact) mass is 421 g/mol. The second-order valence-corrected chi connectivity index (χ2v) is 8.84. The van der Waals surface area contributed by atoms with Crippen molar-refractivity contribution in [2.45, 2.75) is 34.1 Å². The first kappa shape index (κ1) is 20.2. The van der Waals surface area contributed by atoms with E-state index in [1.54, 1.807) is 0 Å². The van der Waals surface area contributed by atoms with E-state index in [2.05, 4.69) is 83.2 Å². The molecule has 0 atom stereocenters. The van der Waals surface area contributed by atoms with E-state index >= 15 is 0 Å². The summed E-state index contributed by atoms with van der Waals surface area (Å²) in [6.07, 6.45) is 8.95. The second kappa shape index (κ2) is 8.08. The topological polar surface area (TPSA) is 70.2 Å². The van der Waals surface area contributed by atoms with Gasteiger partial charge >= 0.3 is 0 Å². The van der Waals surface area contributed by atoms with Gasteiger partial charge in [-0.1, -0.05) is 26.0 Å². The Labute approximate surface area is 187 Å². The fraction of sp³-hybridized carbons (Fsp3) is 0.222. The number of nitrogens with zero attached hydrogens (tertiary/aromatic N) is 3. The number of aromatic nitrogens is 5. The number of hydrogen-bond donors (Lipinski definition) is 2. The lowest BCUT2D eigenvalue weighted by atomic mass is 10.0. The average Bonchev–Trinajstić information content (AvgIpc) is 3.41. The van der Waals surface area contributed by atoms with Crippen LogP contribution in [0.3, 0.4) is 0 Å². The van der Waals surface area contributed by atoms with Gasteiger partial charge in [-0.3, -0.25) is 15.1 Å². The first-order valence-electron chi connectivity index (χ1n) is 11.1. The zero-order valence-electron chi connectivity index (χ0n) is 18.9. The third-order valence-electron chi connectivity index (χ3n) is 5.99. The van der Waals surface area contributed by atoms with E-state index in [4.69, 9.17) is 0 Å². The van der Waals surface area contributed by atoms with Crippen LogP contribution in [0.25, 0.3) is 49.9 Å². The van der Waals surface area contributed by atoms with E-state index in [1.807, 2.05) is 30.7 Å². The Morgan fingerprint density at radius 3 is 2.72 bits per heavy atom. The van der Waals surface area contributed by atoms with Gasteiger partial charge in [-0.25, -0.2) is 0 Å². The summed E-state index contributed by atoms with van der Waals surface area (Å²) in [4.78, 5) is 12.5. The molecule has 0 bridgehead atoms. The first-order valence-corrected chi connectivity index (χ1v) is 11.1. The van der Waals surface area contributed by atoms with Gasteiger partial charge in [0.05, 0.1) is 16.9 Å². The van der Waals surface area contributed by atoms with Crippen molar-refractivity contribution in [3.05, 3.63) is 72.3 Å². The number of nitrogens with one attached hydrogen (secondary N) is 2. The second-order valence-electron chi connectivity index (χ2n) is 8.84. The van der Waals surface area contributed by atoms with Gasteiger partial charge < -0.3 is 4.98 Å². The van der Waals surface area contributed by atoms with Gasteiger partial charge in [-0.2, -0.15) is 5.10 Å². The van der Waals surface area contributed by atoms with Crippen LogP contribution in [0.15, 0.2) is 61.1 Å². The first-order chi connectivity index (χ1) is 15.5. The van der Waals surface area contributed by atoms with Crippen molar-refractivity contribution in [3.8, 4) is 22.5 Å². The summed E-state index contributed by atoms with van der Waals surface area (Å²) in [5.74, 6) is 0.624. The van der Waals surface area contributed by atoms with Crippen LogP contribution in [0.2, 0.25) is 0 Å². The van der Waals surface area contributed by atoms with Crippen LogP contribution in [-0.4, -0.2) is 25.1 Å². The lowest BCUT2D eigenvalue weighted by Crippen LogP contribution is -1.89. The largest absolute Gasteiger partial charge is 0.353 e. The lowest BCUT2D eigenvalue weighted by molar-refractivity contribution is 0.664. The highest BCUT2D eigenvalue weighted by Gasteiger charge is 2.15. The molecule has 2 N–H and O–H groups in total. The van der Waals surface area contributed by atoms with E-state index in [-0.39, 0.29) is 0 Å². The van der Waals surface area contributed by atoms with Gasteiger partial charge in [0.2, 0.25) is 0 Å². The maximum absolute atomic E-state index is 4.68. The van der Waals surface area contributed by atoms with Crippen LogP contribution in [0.4, 0.5) is 0 Å². The van der Waals surface area contributed by atoms with Gasteiger partial charge in [0.1, 0.15) is 5.69 Å². The summed E-state index contributed by atoms with van der Waals surface area (Å²) in [5.41, 5.74) is 9.68. The molecule has 160 valence electrons. The number of rotatable bonds is 5. The molecule has 0 saturated carbocycles. The molecule has 0 fully saturated rings. The normalized spacial score (nSPS) is 12.3. The minimum atomic E-state index is 0.624. The van der Waals surface area contributed by atoms with Crippen molar-refractivity contribution in [1.29, 1.82) is 0 Å². The highest BCUT2D eigenvalue weighted by atomic mass is 15.1. The van der Waals surface area contributed by atoms with Crippen LogP contribution in [0.1, 0.15) is 38.4 Å². The van der Waals surface area contributed by atoms with Crippen molar-refractivity contribution in [2.24, 2.45) is 5.92 Å². The Bertz CT molecular complexity index is 1450. The Hall–Kier alpha value is -3.73. The quantitative estimate of drug-likeness (QED) is 0.323. The predicted molar refractivity (Wildman–Crippen MR) is 132 cm³/mol. The molecule has 0 aliphatic carbocycles. The molecule has 1 aromatic carbocycles. The van der Waals surface area contributed by atoms with Crippen LogP contribution in [-0.2, 0) is 0 Å². The van der Waals surface area contributed by atoms with Crippen LogP contribution in [0, 0.1) is 12.8 Å². The fourth-order valence-corrected chi connectivity index (χ4v) is 4.16. The number of pyridine rings is 2. The zero-order valence-corrected chi connectivity index (χ0v) is 18.9. The van der Waals surface area contributed by atoms with Gasteiger partial charge in [0.15, 0.2) is 0 Å². The fourth-order valence-electron chi connectivity index (χ4n) is 4.16. The van der Waals surface area contributed by atoms with Crippen LogP contribution < -0.4 is 0 Å². The van der Waals surface area contributed by atoms with Crippen molar-refractivity contribution in [3.63, 3.8) is 0 Å². The maximum Gasteiger partial charge on any atom is 0.116 e. The highest BCUT2D eigenvalue weighted by Crippen LogP contribution is 2.34. The summed E-state index contributed by atoms with van der Waals surface area (Å²) in [7, 11) is 0. The molecule has 5 heteroatoms. The summed E-state index contributed by atoms with van der Waals surface area (Å²) in [6.45, 7) is 8.72. The molecule has 0 aliphatic heterocycles. The van der Waals surface area contributed by atoms with Gasteiger partial charge in [0.25, 0.3) is 0 Å². The van der Waals surface area contributed by atoms with Crippen molar-refractivity contribution in [2.75, 3.05) is 0 Å². The third kappa shape index (κ3) is 3.60. The average molecular weight is 422 g/mol. The molecule has 5 nitrogen and oxygen atoms in total. The van der Waals surface area contributed by atoms with E-state index in [1.165, 1.54) is 11.1 Å². The standard InChI is InChI=1S/C27H27N5/c1-16(2)5-6-18(4)26-21-14-25(30-23(21)10-12-29-26)27-20-13-19(7-8-24(20)31-32-27)22-15-28-11-9-17(22)3/h6-16,30H,5H2,1-4H3,(H,31,32)/b18-6+. The molecule has 0 aliphatic rings. The minimum absolute atomic E-state index is 0.624. The lowest BCUT2D eigenvalue weighted by Gasteiger charge is -2.05. The van der Waals surface area contributed by atoms with E-state index in [9.17, 15) is 0 Å². The van der Waals surface area contributed by atoms with E-state index < -0.39 is 0 Å². The maximum atomic E-state index is 4.68. The van der Waals surface area contributed by atoms with Crippen LogP contribution >= 0.6 is 0 Å². The Morgan fingerprint density at radius 2 is 1.91 bits per heavy atom. The van der Waals surface area contributed by atoms with Gasteiger partial charge in [0, 0.05) is 40.4 Å². The minimum Gasteiger partial charge on any atom is -0.353 e. The van der Waals surface area contributed by atoms with E-state index in [0.717, 1.165) is 56.4 Å². The molecule has 0 radical (unpaired) electrons. The molecule has 4 heterocycles. The smallest absolute Gasteiger partial charge is 0.116 e. The van der Waals surface area contributed by atoms with Crippen molar-refractivity contribution in [1.82, 2.24) is 25.1 Å². The Kier molecular flexibility index (Phi) is 5.10. The number of fused-ring (bicyclic) bond motifs is 2. The molecule has 0 unspecified atom stereocenters. The highest BCUT2D eigenvalue weighted by molar-refractivity contribution is 5.99. The third-order valence-corrected chi connectivity index (χ3v) is 5.99. The van der Waals surface area contributed by atoms with E-state index in [0.29, 0.717) is 5.92 Å². The number of allylic oxidation sites excluding steroid dienone is 2. The molecule has 0 spiro atoms. The van der Waals surface area contributed by atoms with Gasteiger partial charge in [-0.15, -0.1) is 0 Å². The molecule has 0 saturated heterocycles. The number of hydrogen-bond acceptors (Lipinski definition) is 3. The molecule has 5 aromatic rings. The van der Waals surface area contributed by atoms with Crippen molar-refractivity contribution < 1.29 is 0 Å². The predicted octanol–water partition coefficient (Wildman–Crippen LogP) is 6.93. The number of benzene rings is 1. The zero-order chi connectivity index (χ0) is 22.2. The molecular weight excluding hydrogens is 394 g/mol. The summed E-state index contributed by atoms with van der Waals surface area (Å²) < 4.78 is 0. The summed E-state index contributed by atoms with van der Waals surface area (Å²) in [6, 6.07) is 12.6. The summed E-state index contributed by atoms with van der Waals surface area (Å²) >= 11 is 0. The molecule has 0 amide bonds. The SMILES string of the molecule is C/C(=C\CC(C)C)c1nccc2[nH]c(-c3n[nH]c4ccc(-c5cnccc5C)cc34)cc12.